The average molecular weight is 251 g/mol. The van der Waals surface area contributed by atoms with Crippen LogP contribution in [-0.4, -0.2) is 9.97 Å². The summed E-state index contributed by atoms with van der Waals surface area (Å²) in [6, 6.07) is 10.4. The van der Waals surface area contributed by atoms with Gasteiger partial charge in [0.05, 0.1) is 11.1 Å². The second-order valence-corrected chi connectivity index (χ2v) is 3.54. The van der Waals surface area contributed by atoms with E-state index in [1.807, 2.05) is 12.1 Å². The molecular formula is C12H9N7. The van der Waals surface area contributed by atoms with Gasteiger partial charge in [0.1, 0.15) is 30.1 Å². The highest BCUT2D eigenvalue weighted by molar-refractivity contribution is 5.63. The molecule has 0 radical (unpaired) electrons. The van der Waals surface area contributed by atoms with Crippen molar-refractivity contribution >= 4 is 17.3 Å². The molecule has 0 fully saturated rings. The van der Waals surface area contributed by atoms with E-state index in [0.717, 1.165) is 0 Å². The second kappa shape index (κ2) is 5.45. The summed E-state index contributed by atoms with van der Waals surface area (Å²) in [7, 11) is 0. The predicted molar refractivity (Wildman–Crippen MR) is 69.0 cm³/mol. The van der Waals surface area contributed by atoms with Crippen LogP contribution >= 0.6 is 0 Å². The van der Waals surface area contributed by atoms with E-state index in [-0.39, 0.29) is 0 Å². The van der Waals surface area contributed by atoms with Crippen molar-refractivity contribution in [3.63, 3.8) is 0 Å². The van der Waals surface area contributed by atoms with E-state index in [4.69, 9.17) is 16.4 Å². The summed E-state index contributed by atoms with van der Waals surface area (Å²) in [6.45, 7) is 0. The molecule has 7 heteroatoms. The van der Waals surface area contributed by atoms with Crippen molar-refractivity contribution in [3.05, 3.63) is 41.7 Å². The van der Waals surface area contributed by atoms with Crippen LogP contribution in [0.5, 0.6) is 0 Å². The van der Waals surface area contributed by atoms with Crippen LogP contribution in [-0.2, 0) is 0 Å². The highest BCUT2D eigenvalue weighted by Gasteiger charge is 2.04. The molecule has 1 aromatic heterocycles. The third kappa shape index (κ3) is 2.75. The summed E-state index contributed by atoms with van der Waals surface area (Å²) in [5, 5.41) is 20.8. The number of benzene rings is 1. The van der Waals surface area contributed by atoms with Crippen molar-refractivity contribution in [2.24, 2.45) is 5.84 Å². The number of hydrogen-bond acceptors (Lipinski definition) is 7. The number of nitrogens with zero attached hydrogens (tertiary/aromatic N) is 4. The predicted octanol–water partition coefficient (Wildman–Crippen LogP) is 1.25. The van der Waals surface area contributed by atoms with E-state index in [2.05, 4.69) is 20.7 Å². The number of anilines is 3. The maximum absolute atomic E-state index is 8.94. The molecular weight excluding hydrogens is 242 g/mol. The lowest BCUT2D eigenvalue weighted by atomic mass is 10.1. The molecule has 4 N–H and O–H groups in total. The van der Waals surface area contributed by atoms with Crippen molar-refractivity contribution in [2.45, 2.75) is 0 Å². The Morgan fingerprint density at radius 3 is 2.42 bits per heavy atom. The first-order valence-corrected chi connectivity index (χ1v) is 5.26. The zero-order valence-electron chi connectivity index (χ0n) is 9.75. The number of rotatable bonds is 3. The van der Waals surface area contributed by atoms with E-state index in [0.29, 0.717) is 28.5 Å². The molecule has 0 saturated heterocycles. The summed E-state index contributed by atoms with van der Waals surface area (Å²) in [5.41, 5.74) is 3.70. The van der Waals surface area contributed by atoms with Crippen LogP contribution in [0.1, 0.15) is 11.1 Å². The van der Waals surface area contributed by atoms with Crippen LogP contribution in [0.2, 0.25) is 0 Å². The zero-order valence-corrected chi connectivity index (χ0v) is 9.75. The SMILES string of the molecule is N#Cc1ccc(Nc2cc(NN)ncn2)cc1C#N. The highest BCUT2D eigenvalue weighted by Crippen LogP contribution is 2.19. The fourth-order valence-electron chi connectivity index (χ4n) is 1.46. The Labute approximate surface area is 109 Å². The third-order valence-electron chi connectivity index (χ3n) is 2.35. The smallest absolute Gasteiger partial charge is 0.145 e. The van der Waals surface area contributed by atoms with Gasteiger partial charge in [-0.05, 0) is 18.2 Å². The number of aromatic nitrogens is 2. The van der Waals surface area contributed by atoms with Crippen LogP contribution in [0.25, 0.3) is 0 Å². The zero-order chi connectivity index (χ0) is 13.7. The Morgan fingerprint density at radius 2 is 1.74 bits per heavy atom. The monoisotopic (exact) mass is 251 g/mol. The largest absolute Gasteiger partial charge is 0.340 e. The fraction of sp³-hybridized carbons (Fsp3) is 0. The van der Waals surface area contributed by atoms with Gasteiger partial charge in [-0.15, -0.1) is 0 Å². The van der Waals surface area contributed by atoms with Crippen molar-refractivity contribution in [3.8, 4) is 12.1 Å². The number of nitriles is 2. The third-order valence-corrected chi connectivity index (χ3v) is 2.35. The van der Waals surface area contributed by atoms with E-state index in [1.54, 1.807) is 24.3 Å². The van der Waals surface area contributed by atoms with Gasteiger partial charge in [0.2, 0.25) is 0 Å². The Balaban J connectivity index is 2.29. The molecule has 0 aliphatic carbocycles. The van der Waals surface area contributed by atoms with Crippen molar-refractivity contribution in [2.75, 3.05) is 10.7 Å². The molecule has 0 bridgehead atoms. The van der Waals surface area contributed by atoms with Gasteiger partial charge >= 0.3 is 0 Å². The number of nitrogen functional groups attached to an aromatic ring is 1. The first-order chi connectivity index (χ1) is 9.26. The Hall–Kier alpha value is -3.16. The van der Waals surface area contributed by atoms with Crippen LogP contribution in [0.4, 0.5) is 17.3 Å². The van der Waals surface area contributed by atoms with Crippen LogP contribution in [0.15, 0.2) is 30.6 Å². The summed E-state index contributed by atoms with van der Waals surface area (Å²) in [5.74, 6) is 6.24. The van der Waals surface area contributed by atoms with Crippen molar-refractivity contribution in [1.82, 2.24) is 9.97 Å². The van der Waals surface area contributed by atoms with E-state index in [1.165, 1.54) is 6.33 Å². The lowest BCUT2D eigenvalue weighted by Gasteiger charge is -2.07. The van der Waals surface area contributed by atoms with Crippen LogP contribution < -0.4 is 16.6 Å². The lowest BCUT2D eigenvalue weighted by Crippen LogP contribution is -2.09. The standard InChI is InChI=1S/C12H9N7/c13-5-8-1-2-10(3-9(8)6-14)18-11-4-12(19-15)17-7-16-11/h1-4,7H,15H2,(H2,16,17,18,19). The van der Waals surface area contributed by atoms with Gasteiger partial charge in [0.15, 0.2) is 0 Å². The molecule has 0 aliphatic heterocycles. The van der Waals surface area contributed by atoms with Crippen LogP contribution in [0, 0.1) is 22.7 Å². The molecule has 0 unspecified atom stereocenters. The summed E-state index contributed by atoms with van der Waals surface area (Å²) in [6.07, 6.45) is 1.35. The number of hydrazine groups is 1. The maximum atomic E-state index is 8.94. The van der Waals surface area contributed by atoms with Gasteiger partial charge in [0.25, 0.3) is 0 Å². The van der Waals surface area contributed by atoms with Crippen LogP contribution in [0.3, 0.4) is 0 Å². The number of hydrogen-bond donors (Lipinski definition) is 3. The fourth-order valence-corrected chi connectivity index (χ4v) is 1.46. The van der Waals surface area contributed by atoms with Gasteiger partial charge in [-0.1, -0.05) is 0 Å². The molecule has 2 aromatic rings. The molecule has 1 aromatic carbocycles. The lowest BCUT2D eigenvalue weighted by molar-refractivity contribution is 1.14. The normalized spacial score (nSPS) is 9.21. The Bertz CT molecular complexity index is 681. The molecule has 0 spiro atoms. The average Bonchev–Trinajstić information content (AvgIpc) is 2.47. The molecule has 0 aliphatic rings. The summed E-state index contributed by atoms with van der Waals surface area (Å²) in [4.78, 5) is 7.89. The molecule has 19 heavy (non-hydrogen) atoms. The first-order valence-electron chi connectivity index (χ1n) is 5.26. The highest BCUT2D eigenvalue weighted by atomic mass is 15.3. The molecule has 1 heterocycles. The topological polar surface area (TPSA) is 123 Å². The molecule has 7 nitrogen and oxygen atoms in total. The maximum Gasteiger partial charge on any atom is 0.145 e. The number of nitrogens with two attached hydrogens (primary N) is 1. The van der Waals surface area contributed by atoms with Gasteiger partial charge < -0.3 is 10.7 Å². The molecule has 2 rings (SSSR count). The second-order valence-electron chi connectivity index (χ2n) is 3.54. The summed E-state index contributed by atoms with van der Waals surface area (Å²) < 4.78 is 0. The van der Waals surface area contributed by atoms with E-state index >= 15 is 0 Å². The minimum absolute atomic E-state index is 0.304. The summed E-state index contributed by atoms with van der Waals surface area (Å²) >= 11 is 0. The number of nitrogens with one attached hydrogen (secondary N) is 2. The van der Waals surface area contributed by atoms with Crippen molar-refractivity contribution < 1.29 is 0 Å². The quantitative estimate of drug-likeness (QED) is 0.554. The van der Waals surface area contributed by atoms with Crippen molar-refractivity contribution in [1.29, 1.82) is 10.5 Å². The molecule has 92 valence electrons. The molecule has 0 atom stereocenters. The Morgan fingerprint density at radius 1 is 1.00 bits per heavy atom. The van der Waals surface area contributed by atoms with E-state index < -0.39 is 0 Å². The Kier molecular flexibility index (Phi) is 3.53. The first kappa shape index (κ1) is 12.3. The molecule has 0 amide bonds. The van der Waals surface area contributed by atoms with Gasteiger partial charge in [-0.2, -0.15) is 10.5 Å². The minimum atomic E-state index is 0.304. The minimum Gasteiger partial charge on any atom is -0.340 e. The van der Waals surface area contributed by atoms with Gasteiger partial charge in [-0.25, -0.2) is 15.8 Å². The molecule has 0 saturated carbocycles. The van der Waals surface area contributed by atoms with Gasteiger partial charge in [-0.3, -0.25) is 0 Å². The van der Waals surface area contributed by atoms with Gasteiger partial charge in [0, 0.05) is 11.8 Å². The van der Waals surface area contributed by atoms with E-state index in [9.17, 15) is 0 Å².